The summed E-state index contributed by atoms with van der Waals surface area (Å²) in [6.07, 6.45) is 4.48. The second kappa shape index (κ2) is 4.90. The van der Waals surface area contributed by atoms with Crippen molar-refractivity contribution < 1.29 is 0 Å². The molecular weight excluding hydrogens is 216 g/mol. The number of aromatic amines is 1. The van der Waals surface area contributed by atoms with Crippen molar-refractivity contribution in [2.24, 2.45) is 0 Å². The van der Waals surface area contributed by atoms with E-state index in [1.807, 2.05) is 11.6 Å². The first-order chi connectivity index (χ1) is 8.22. The molecule has 2 rings (SSSR count). The third kappa shape index (κ3) is 2.41. The summed E-state index contributed by atoms with van der Waals surface area (Å²) >= 11 is 0. The molecule has 0 saturated heterocycles. The second-order valence-corrected chi connectivity index (χ2v) is 4.00. The highest BCUT2D eigenvalue weighted by Crippen LogP contribution is 2.22. The minimum atomic E-state index is 0.666. The summed E-state index contributed by atoms with van der Waals surface area (Å²) in [6.45, 7) is 5.57. The third-order valence-electron chi connectivity index (χ3n) is 2.61. The highest BCUT2D eigenvalue weighted by molar-refractivity contribution is 5.64. The van der Waals surface area contributed by atoms with Crippen LogP contribution in [-0.2, 0) is 13.1 Å². The zero-order valence-corrected chi connectivity index (χ0v) is 10.2. The Labute approximate surface area is 100 Å². The number of nitrogen functional groups attached to an aromatic ring is 1. The van der Waals surface area contributed by atoms with Crippen LogP contribution in [0.4, 0.5) is 11.5 Å². The molecule has 4 N–H and O–H groups in total. The fourth-order valence-corrected chi connectivity index (χ4v) is 1.72. The Bertz CT molecular complexity index is 470. The van der Waals surface area contributed by atoms with Gasteiger partial charge in [0.05, 0.1) is 29.9 Å². The molecule has 2 aromatic rings. The van der Waals surface area contributed by atoms with Gasteiger partial charge in [-0.05, 0) is 13.3 Å². The molecule has 6 nitrogen and oxygen atoms in total. The molecule has 0 aliphatic rings. The summed E-state index contributed by atoms with van der Waals surface area (Å²) in [7, 11) is 0. The number of rotatable bonds is 5. The lowest BCUT2D eigenvalue weighted by Gasteiger charge is -2.08. The van der Waals surface area contributed by atoms with E-state index in [-0.39, 0.29) is 0 Å². The number of nitrogens with two attached hydrogens (primary N) is 1. The van der Waals surface area contributed by atoms with Crippen LogP contribution in [0.2, 0.25) is 0 Å². The highest BCUT2D eigenvalue weighted by Gasteiger charge is 2.11. The van der Waals surface area contributed by atoms with Crippen molar-refractivity contribution >= 4 is 11.5 Å². The van der Waals surface area contributed by atoms with Crippen LogP contribution in [0.25, 0.3) is 0 Å². The molecule has 0 bridgehead atoms. The van der Waals surface area contributed by atoms with Crippen LogP contribution < -0.4 is 11.1 Å². The van der Waals surface area contributed by atoms with Gasteiger partial charge in [0.1, 0.15) is 5.82 Å². The topological polar surface area (TPSA) is 84.6 Å². The van der Waals surface area contributed by atoms with Gasteiger partial charge in [-0.25, -0.2) is 9.67 Å². The smallest absolute Gasteiger partial charge is 0.148 e. The molecule has 0 fully saturated rings. The molecule has 0 atom stereocenters. The third-order valence-corrected chi connectivity index (χ3v) is 2.61. The molecule has 2 heterocycles. The minimum absolute atomic E-state index is 0.666. The molecule has 0 spiro atoms. The fourth-order valence-electron chi connectivity index (χ4n) is 1.72. The first-order valence-electron chi connectivity index (χ1n) is 5.76. The molecule has 0 aliphatic heterocycles. The maximum atomic E-state index is 6.00. The van der Waals surface area contributed by atoms with Crippen LogP contribution in [0.3, 0.4) is 0 Å². The normalized spacial score (nSPS) is 10.7. The number of imidazole rings is 1. The highest BCUT2D eigenvalue weighted by atomic mass is 15.3. The molecule has 0 radical (unpaired) electrons. The molecule has 0 saturated carbocycles. The number of aryl methyl sites for hydroxylation is 2. The van der Waals surface area contributed by atoms with Gasteiger partial charge in [-0.1, -0.05) is 6.92 Å². The van der Waals surface area contributed by atoms with Crippen molar-refractivity contribution in [1.82, 2.24) is 19.7 Å². The number of nitrogens with one attached hydrogen (secondary N) is 2. The van der Waals surface area contributed by atoms with Gasteiger partial charge in [-0.15, -0.1) is 0 Å². The zero-order chi connectivity index (χ0) is 12.3. The van der Waals surface area contributed by atoms with Gasteiger partial charge in [0.15, 0.2) is 0 Å². The molecule has 0 unspecified atom stereocenters. The van der Waals surface area contributed by atoms with Crippen LogP contribution in [0.1, 0.15) is 24.7 Å². The Morgan fingerprint density at radius 3 is 3.00 bits per heavy atom. The number of anilines is 2. The number of hydrogen-bond donors (Lipinski definition) is 3. The molecule has 17 heavy (non-hydrogen) atoms. The Morgan fingerprint density at radius 1 is 1.53 bits per heavy atom. The van der Waals surface area contributed by atoms with E-state index in [0.717, 1.165) is 35.9 Å². The van der Waals surface area contributed by atoms with E-state index in [4.69, 9.17) is 5.73 Å². The Morgan fingerprint density at radius 2 is 2.35 bits per heavy atom. The lowest BCUT2D eigenvalue weighted by molar-refractivity contribution is 0.602. The zero-order valence-electron chi connectivity index (χ0n) is 10.2. The lowest BCUT2D eigenvalue weighted by atomic mass is 10.3. The lowest BCUT2D eigenvalue weighted by Crippen LogP contribution is -2.09. The van der Waals surface area contributed by atoms with Crippen molar-refractivity contribution in [3.05, 3.63) is 23.9 Å². The average Bonchev–Trinajstić information content (AvgIpc) is 2.89. The second-order valence-electron chi connectivity index (χ2n) is 4.00. The van der Waals surface area contributed by atoms with Crippen LogP contribution in [-0.4, -0.2) is 19.7 Å². The van der Waals surface area contributed by atoms with Gasteiger partial charge >= 0.3 is 0 Å². The van der Waals surface area contributed by atoms with Crippen molar-refractivity contribution in [3.8, 4) is 0 Å². The van der Waals surface area contributed by atoms with Crippen molar-refractivity contribution in [1.29, 1.82) is 0 Å². The summed E-state index contributed by atoms with van der Waals surface area (Å²) < 4.78 is 1.92. The Kier molecular flexibility index (Phi) is 3.32. The quantitative estimate of drug-likeness (QED) is 0.732. The van der Waals surface area contributed by atoms with E-state index in [1.54, 1.807) is 12.5 Å². The van der Waals surface area contributed by atoms with Crippen LogP contribution in [0, 0.1) is 6.92 Å². The number of H-pyrrole nitrogens is 1. The Balaban J connectivity index is 2.13. The Hall–Kier alpha value is -1.98. The molecule has 2 aromatic heterocycles. The molecule has 0 aromatic carbocycles. The molecular formula is C11H18N6. The van der Waals surface area contributed by atoms with E-state index in [1.165, 1.54) is 0 Å². The maximum absolute atomic E-state index is 6.00. The molecule has 92 valence electrons. The van der Waals surface area contributed by atoms with Crippen LogP contribution in [0.5, 0.6) is 0 Å². The van der Waals surface area contributed by atoms with Gasteiger partial charge in [-0.3, -0.25) is 0 Å². The number of nitrogens with zero attached hydrogens (tertiary/aromatic N) is 3. The van der Waals surface area contributed by atoms with Crippen molar-refractivity contribution in [3.63, 3.8) is 0 Å². The SMILES string of the molecule is CCCn1nc(C)c(N)c1NCc1cnc[nH]1. The maximum Gasteiger partial charge on any atom is 0.148 e. The number of aromatic nitrogens is 4. The summed E-state index contributed by atoms with van der Waals surface area (Å²) in [5, 5.41) is 7.70. The van der Waals surface area contributed by atoms with E-state index in [0.29, 0.717) is 6.54 Å². The van der Waals surface area contributed by atoms with Gasteiger partial charge in [-0.2, -0.15) is 5.10 Å². The van der Waals surface area contributed by atoms with E-state index < -0.39 is 0 Å². The minimum Gasteiger partial charge on any atom is -0.394 e. The predicted molar refractivity (Wildman–Crippen MR) is 67.6 cm³/mol. The van der Waals surface area contributed by atoms with Gasteiger partial charge in [0, 0.05) is 12.7 Å². The van der Waals surface area contributed by atoms with Crippen molar-refractivity contribution in [2.45, 2.75) is 33.4 Å². The van der Waals surface area contributed by atoms with E-state index in [2.05, 4.69) is 27.3 Å². The monoisotopic (exact) mass is 234 g/mol. The van der Waals surface area contributed by atoms with E-state index >= 15 is 0 Å². The summed E-state index contributed by atoms with van der Waals surface area (Å²) in [5.41, 5.74) is 8.61. The van der Waals surface area contributed by atoms with Gasteiger partial charge in [0.2, 0.25) is 0 Å². The van der Waals surface area contributed by atoms with E-state index in [9.17, 15) is 0 Å². The summed E-state index contributed by atoms with van der Waals surface area (Å²) in [6, 6.07) is 0. The first kappa shape index (κ1) is 11.5. The average molecular weight is 234 g/mol. The molecule has 0 aliphatic carbocycles. The summed E-state index contributed by atoms with van der Waals surface area (Å²) in [5.74, 6) is 0.888. The fraction of sp³-hybridized carbons (Fsp3) is 0.455. The van der Waals surface area contributed by atoms with Gasteiger partial charge < -0.3 is 16.0 Å². The van der Waals surface area contributed by atoms with Crippen LogP contribution in [0.15, 0.2) is 12.5 Å². The van der Waals surface area contributed by atoms with Gasteiger partial charge in [0.25, 0.3) is 0 Å². The summed E-state index contributed by atoms with van der Waals surface area (Å²) in [4.78, 5) is 7.01. The molecule has 0 amide bonds. The largest absolute Gasteiger partial charge is 0.394 e. The van der Waals surface area contributed by atoms with Crippen LogP contribution >= 0.6 is 0 Å². The van der Waals surface area contributed by atoms with Crippen molar-refractivity contribution in [2.75, 3.05) is 11.1 Å². The first-order valence-corrected chi connectivity index (χ1v) is 5.76. The predicted octanol–water partition coefficient (Wildman–Crippen LogP) is 1.52. The molecule has 6 heteroatoms. The number of hydrogen-bond acceptors (Lipinski definition) is 4. The standard InChI is InChI=1S/C11H18N6/c1-3-4-17-11(10(12)8(2)16-17)14-6-9-5-13-7-15-9/h5,7,14H,3-4,6,12H2,1-2H3,(H,13,15).